The van der Waals surface area contributed by atoms with Gasteiger partial charge in [-0.1, -0.05) is 0 Å². The Bertz CT molecular complexity index is 719. The summed E-state index contributed by atoms with van der Waals surface area (Å²) < 4.78 is 17.8. The van der Waals surface area contributed by atoms with Gasteiger partial charge in [0.05, 0.1) is 13.2 Å². The predicted molar refractivity (Wildman–Crippen MR) is 86.4 cm³/mol. The van der Waals surface area contributed by atoms with E-state index < -0.39 is 0 Å². The van der Waals surface area contributed by atoms with E-state index in [-0.39, 0.29) is 5.97 Å². The maximum absolute atomic E-state index is 12.1. The number of fused-ring (bicyclic) bond motifs is 1. The normalized spacial score (nSPS) is 14.6. The molecule has 2 aromatic rings. The summed E-state index contributed by atoms with van der Waals surface area (Å²) >= 11 is 0. The Hall–Kier alpha value is -2.12. The van der Waals surface area contributed by atoms with Gasteiger partial charge < -0.3 is 13.9 Å². The lowest BCUT2D eigenvalue weighted by atomic mass is 10.0. The molecule has 2 aromatic heterocycles. The van der Waals surface area contributed by atoms with Crippen LogP contribution in [0.15, 0.2) is 16.5 Å². The fourth-order valence-electron chi connectivity index (χ4n) is 3.09. The summed E-state index contributed by atoms with van der Waals surface area (Å²) in [7, 11) is 3.52. The van der Waals surface area contributed by atoms with E-state index in [0.29, 0.717) is 32.0 Å². The molecule has 0 spiro atoms. The first-order valence-electron chi connectivity index (χ1n) is 8.13. The molecule has 1 aliphatic rings. The minimum absolute atomic E-state index is 0.350. The van der Waals surface area contributed by atoms with Crippen molar-refractivity contribution < 1.29 is 18.7 Å². The van der Waals surface area contributed by atoms with E-state index in [2.05, 4.69) is 10.00 Å². The predicted octanol–water partition coefficient (Wildman–Crippen LogP) is 1.89. The van der Waals surface area contributed by atoms with Crippen LogP contribution in [0, 0.1) is 0 Å². The number of hydrogen-bond donors (Lipinski definition) is 0. The van der Waals surface area contributed by atoms with Gasteiger partial charge in [-0.2, -0.15) is 5.10 Å². The number of rotatable bonds is 6. The Morgan fingerprint density at radius 2 is 2.17 bits per heavy atom. The summed E-state index contributed by atoms with van der Waals surface area (Å²) in [6, 6.07) is 3.90. The third-order valence-corrected chi connectivity index (χ3v) is 4.17. The van der Waals surface area contributed by atoms with Gasteiger partial charge in [0.1, 0.15) is 18.1 Å². The van der Waals surface area contributed by atoms with Crippen molar-refractivity contribution in [3.8, 4) is 0 Å². The van der Waals surface area contributed by atoms with Crippen molar-refractivity contribution in [2.75, 3.05) is 20.3 Å². The summed E-state index contributed by atoms with van der Waals surface area (Å²) in [4.78, 5) is 14.4. The molecule has 0 N–H and O–H groups in total. The van der Waals surface area contributed by atoms with Crippen LogP contribution in [-0.4, -0.2) is 40.9 Å². The fraction of sp³-hybridized carbons (Fsp3) is 0.529. The molecule has 1 aliphatic heterocycles. The van der Waals surface area contributed by atoms with E-state index in [1.807, 2.05) is 19.2 Å². The zero-order chi connectivity index (χ0) is 17.1. The molecule has 0 aromatic carbocycles. The SMILES string of the molecule is CCOC(=O)c1nn(C)c2c1CN(Cc1ccc(COC)o1)CC2. The van der Waals surface area contributed by atoms with E-state index in [9.17, 15) is 4.79 Å². The Labute approximate surface area is 141 Å². The smallest absolute Gasteiger partial charge is 0.359 e. The van der Waals surface area contributed by atoms with Crippen molar-refractivity contribution in [3.05, 3.63) is 40.6 Å². The number of aryl methyl sites for hydroxylation is 1. The average molecular weight is 333 g/mol. The second kappa shape index (κ2) is 7.19. The fourth-order valence-corrected chi connectivity index (χ4v) is 3.09. The molecule has 0 amide bonds. The number of hydrogen-bond acceptors (Lipinski definition) is 6. The van der Waals surface area contributed by atoms with Crippen LogP contribution in [0.3, 0.4) is 0 Å². The maximum Gasteiger partial charge on any atom is 0.359 e. The minimum Gasteiger partial charge on any atom is -0.462 e. The number of aromatic nitrogens is 2. The molecule has 0 bridgehead atoms. The number of furan rings is 1. The third kappa shape index (κ3) is 3.37. The first-order valence-corrected chi connectivity index (χ1v) is 8.13. The first-order chi connectivity index (χ1) is 11.6. The van der Waals surface area contributed by atoms with Gasteiger partial charge in [-0.25, -0.2) is 4.79 Å². The van der Waals surface area contributed by atoms with Crippen molar-refractivity contribution in [1.82, 2.24) is 14.7 Å². The molecule has 7 nitrogen and oxygen atoms in total. The largest absolute Gasteiger partial charge is 0.462 e. The second-order valence-corrected chi connectivity index (χ2v) is 5.88. The van der Waals surface area contributed by atoms with E-state index in [4.69, 9.17) is 13.9 Å². The van der Waals surface area contributed by atoms with Crippen LogP contribution in [0.5, 0.6) is 0 Å². The van der Waals surface area contributed by atoms with E-state index in [0.717, 1.165) is 35.7 Å². The Morgan fingerprint density at radius 1 is 1.38 bits per heavy atom. The molecule has 0 aliphatic carbocycles. The van der Waals surface area contributed by atoms with Gasteiger partial charge in [0.25, 0.3) is 0 Å². The summed E-state index contributed by atoms with van der Waals surface area (Å²) in [6.45, 7) is 4.88. The molecule has 7 heteroatoms. The minimum atomic E-state index is -0.350. The molecule has 0 saturated heterocycles. The molecular formula is C17H23N3O4. The highest BCUT2D eigenvalue weighted by atomic mass is 16.5. The highest BCUT2D eigenvalue weighted by Crippen LogP contribution is 2.24. The Morgan fingerprint density at radius 3 is 2.92 bits per heavy atom. The second-order valence-electron chi connectivity index (χ2n) is 5.88. The molecule has 0 radical (unpaired) electrons. The molecule has 0 fully saturated rings. The summed E-state index contributed by atoms with van der Waals surface area (Å²) in [5.41, 5.74) is 2.50. The first kappa shape index (κ1) is 16.7. The van der Waals surface area contributed by atoms with Gasteiger partial charge in [-0.05, 0) is 19.1 Å². The highest BCUT2D eigenvalue weighted by molar-refractivity contribution is 5.89. The summed E-state index contributed by atoms with van der Waals surface area (Å²) in [5, 5.41) is 4.36. The van der Waals surface area contributed by atoms with Gasteiger partial charge in [0.15, 0.2) is 5.69 Å². The lowest BCUT2D eigenvalue weighted by molar-refractivity contribution is 0.0515. The summed E-state index contributed by atoms with van der Waals surface area (Å²) in [6.07, 6.45) is 0.851. The van der Waals surface area contributed by atoms with E-state index in [1.165, 1.54) is 0 Å². The lowest BCUT2D eigenvalue weighted by Crippen LogP contribution is -2.31. The Kier molecular flexibility index (Phi) is 5.01. The molecular weight excluding hydrogens is 310 g/mol. The average Bonchev–Trinajstić information content (AvgIpc) is 3.13. The number of esters is 1. The van der Waals surface area contributed by atoms with Crippen LogP contribution in [0.25, 0.3) is 0 Å². The molecule has 0 saturated carbocycles. The van der Waals surface area contributed by atoms with Gasteiger partial charge in [0, 0.05) is 44.9 Å². The Balaban J connectivity index is 1.74. The molecule has 3 rings (SSSR count). The van der Waals surface area contributed by atoms with Crippen molar-refractivity contribution >= 4 is 5.97 Å². The van der Waals surface area contributed by atoms with Crippen LogP contribution >= 0.6 is 0 Å². The number of carbonyl (C=O) groups excluding carboxylic acids is 1. The third-order valence-electron chi connectivity index (χ3n) is 4.17. The van der Waals surface area contributed by atoms with E-state index >= 15 is 0 Å². The zero-order valence-electron chi connectivity index (χ0n) is 14.4. The number of ether oxygens (including phenoxy) is 2. The van der Waals surface area contributed by atoms with Crippen LogP contribution in [0.4, 0.5) is 0 Å². The lowest BCUT2D eigenvalue weighted by Gasteiger charge is -2.26. The van der Waals surface area contributed by atoms with Crippen molar-refractivity contribution in [1.29, 1.82) is 0 Å². The summed E-state index contributed by atoms with van der Waals surface area (Å²) in [5.74, 6) is 1.36. The number of carbonyl (C=O) groups is 1. The topological polar surface area (TPSA) is 69.7 Å². The van der Waals surface area contributed by atoms with E-state index in [1.54, 1.807) is 18.7 Å². The van der Waals surface area contributed by atoms with Gasteiger partial charge in [0.2, 0.25) is 0 Å². The molecule has 130 valence electrons. The van der Waals surface area contributed by atoms with Gasteiger partial charge in [-0.15, -0.1) is 0 Å². The van der Waals surface area contributed by atoms with Crippen LogP contribution in [0.2, 0.25) is 0 Å². The van der Waals surface area contributed by atoms with Crippen LogP contribution in [0.1, 0.15) is 40.2 Å². The number of nitrogens with zero attached hydrogens (tertiary/aromatic N) is 3. The van der Waals surface area contributed by atoms with Crippen LogP contribution in [-0.2, 0) is 42.6 Å². The number of methoxy groups -OCH3 is 1. The molecule has 0 atom stereocenters. The maximum atomic E-state index is 12.1. The van der Waals surface area contributed by atoms with Gasteiger partial charge >= 0.3 is 5.97 Å². The zero-order valence-corrected chi connectivity index (χ0v) is 14.4. The molecule has 3 heterocycles. The van der Waals surface area contributed by atoms with Gasteiger partial charge in [-0.3, -0.25) is 9.58 Å². The standard InChI is InChI=1S/C17H23N3O4/c1-4-23-17(21)16-14-10-20(8-7-15(14)19(2)18-16)9-12-5-6-13(24-12)11-22-3/h5-6H,4,7-11H2,1-3H3. The van der Waals surface area contributed by atoms with Crippen molar-refractivity contribution in [2.45, 2.75) is 33.0 Å². The highest BCUT2D eigenvalue weighted by Gasteiger charge is 2.28. The van der Waals surface area contributed by atoms with Crippen molar-refractivity contribution in [3.63, 3.8) is 0 Å². The van der Waals surface area contributed by atoms with Crippen LogP contribution < -0.4 is 0 Å². The van der Waals surface area contributed by atoms with Crippen molar-refractivity contribution in [2.24, 2.45) is 7.05 Å². The monoisotopic (exact) mass is 333 g/mol. The quantitative estimate of drug-likeness (QED) is 0.752. The molecule has 0 unspecified atom stereocenters. The molecule has 24 heavy (non-hydrogen) atoms.